The number of halogens is 3. The summed E-state index contributed by atoms with van der Waals surface area (Å²) < 4.78 is 40.1. The molecule has 0 aliphatic heterocycles. The van der Waals surface area contributed by atoms with Gasteiger partial charge in [0.1, 0.15) is 11.7 Å². The first-order valence-corrected chi connectivity index (χ1v) is 5.92. The monoisotopic (exact) mass is 305 g/mol. The van der Waals surface area contributed by atoms with Crippen molar-refractivity contribution in [3.8, 4) is 5.75 Å². The fourth-order valence-electron chi connectivity index (χ4n) is 1.63. The number of hydrogen-bond acceptors (Lipinski definition) is 3. The summed E-state index contributed by atoms with van der Waals surface area (Å²) in [5, 5.41) is 8.75. The third-order valence-electron chi connectivity index (χ3n) is 2.67. The second-order valence-electron chi connectivity index (χ2n) is 4.45. The highest BCUT2D eigenvalue weighted by Crippen LogP contribution is 2.23. The van der Waals surface area contributed by atoms with Gasteiger partial charge in [0.2, 0.25) is 5.91 Å². The Hall–Kier alpha value is -2.25. The van der Waals surface area contributed by atoms with Crippen LogP contribution in [0.4, 0.5) is 13.2 Å². The zero-order chi connectivity index (χ0) is 16.2. The van der Waals surface area contributed by atoms with Gasteiger partial charge in [-0.05, 0) is 24.6 Å². The van der Waals surface area contributed by atoms with E-state index >= 15 is 0 Å². The molecule has 1 unspecified atom stereocenters. The summed E-state index contributed by atoms with van der Waals surface area (Å²) >= 11 is 0. The quantitative estimate of drug-likeness (QED) is 0.847. The van der Waals surface area contributed by atoms with Gasteiger partial charge in [-0.15, -0.1) is 13.2 Å². The molecule has 1 rings (SSSR count). The molecule has 21 heavy (non-hydrogen) atoms. The maximum absolute atomic E-state index is 12.1. The van der Waals surface area contributed by atoms with Gasteiger partial charge in [-0.2, -0.15) is 0 Å². The number of carbonyl (C=O) groups excluding carboxylic acids is 1. The third-order valence-corrected chi connectivity index (χ3v) is 2.67. The Kier molecular flexibility index (Phi) is 5.17. The van der Waals surface area contributed by atoms with Gasteiger partial charge >= 0.3 is 12.3 Å². The minimum absolute atomic E-state index is 0.0223. The summed E-state index contributed by atoms with van der Waals surface area (Å²) in [6, 6.07) is 5.15. The minimum Gasteiger partial charge on any atom is -0.481 e. The average Bonchev–Trinajstić information content (AvgIpc) is 2.35. The van der Waals surface area contributed by atoms with Crippen LogP contribution >= 0.6 is 0 Å². The zero-order valence-corrected chi connectivity index (χ0v) is 11.3. The third kappa shape index (κ3) is 5.33. The van der Waals surface area contributed by atoms with Crippen molar-refractivity contribution in [2.75, 3.05) is 7.05 Å². The number of amides is 1. The Bertz CT molecular complexity index is 530. The summed E-state index contributed by atoms with van der Waals surface area (Å²) in [6.45, 7) is 1.22. The predicted molar refractivity (Wildman–Crippen MR) is 66.4 cm³/mol. The van der Waals surface area contributed by atoms with Gasteiger partial charge in [-0.1, -0.05) is 12.1 Å². The van der Waals surface area contributed by atoms with E-state index in [9.17, 15) is 22.8 Å². The topological polar surface area (TPSA) is 66.8 Å². The second-order valence-corrected chi connectivity index (χ2v) is 4.45. The van der Waals surface area contributed by atoms with Crippen LogP contribution in [-0.2, 0) is 16.1 Å². The van der Waals surface area contributed by atoms with Gasteiger partial charge in [-0.3, -0.25) is 9.59 Å². The number of carbonyl (C=O) groups is 2. The van der Waals surface area contributed by atoms with E-state index in [1.807, 2.05) is 0 Å². The van der Waals surface area contributed by atoms with Gasteiger partial charge in [0.25, 0.3) is 0 Å². The molecule has 8 heteroatoms. The standard InChI is InChI=1S/C13H14F3NO4/c1-8(12(19)20)11(18)17(2)7-9-4-3-5-10(6-9)21-13(14,15)16/h3-6,8H,7H2,1-2H3,(H,19,20). The van der Waals surface area contributed by atoms with E-state index in [0.717, 1.165) is 17.0 Å². The van der Waals surface area contributed by atoms with Gasteiger partial charge in [0.15, 0.2) is 0 Å². The van der Waals surface area contributed by atoms with Gasteiger partial charge in [0, 0.05) is 13.6 Å². The van der Waals surface area contributed by atoms with Gasteiger partial charge in [-0.25, -0.2) is 0 Å². The molecule has 1 aromatic carbocycles. The molecule has 0 radical (unpaired) electrons. The molecule has 116 valence electrons. The second kappa shape index (κ2) is 6.47. The SMILES string of the molecule is CC(C(=O)O)C(=O)N(C)Cc1cccc(OC(F)(F)F)c1. The fourth-order valence-corrected chi connectivity index (χ4v) is 1.63. The van der Waals surface area contributed by atoms with Crippen molar-refractivity contribution in [2.24, 2.45) is 5.92 Å². The van der Waals surface area contributed by atoms with E-state index < -0.39 is 29.9 Å². The van der Waals surface area contributed by atoms with Crippen LogP contribution in [0.1, 0.15) is 12.5 Å². The maximum Gasteiger partial charge on any atom is 0.573 e. The molecule has 1 N–H and O–H groups in total. The lowest BCUT2D eigenvalue weighted by Gasteiger charge is -2.20. The highest BCUT2D eigenvalue weighted by atomic mass is 19.4. The molecule has 1 amide bonds. The van der Waals surface area contributed by atoms with E-state index in [1.54, 1.807) is 0 Å². The molecule has 0 aliphatic rings. The van der Waals surface area contributed by atoms with Crippen LogP contribution in [0.15, 0.2) is 24.3 Å². The molecule has 0 saturated carbocycles. The van der Waals surface area contributed by atoms with E-state index in [4.69, 9.17) is 5.11 Å². The van der Waals surface area contributed by atoms with Crippen LogP contribution < -0.4 is 4.74 Å². The fraction of sp³-hybridized carbons (Fsp3) is 0.385. The molecule has 1 atom stereocenters. The molecule has 0 fully saturated rings. The van der Waals surface area contributed by atoms with Gasteiger partial charge < -0.3 is 14.7 Å². The number of rotatable bonds is 5. The highest BCUT2D eigenvalue weighted by Gasteiger charge is 2.31. The van der Waals surface area contributed by atoms with Crippen LogP contribution in [0, 0.1) is 5.92 Å². The first-order chi connectivity index (χ1) is 9.60. The summed E-state index contributed by atoms with van der Waals surface area (Å²) in [7, 11) is 1.37. The van der Waals surface area contributed by atoms with Crippen molar-refractivity contribution in [3.05, 3.63) is 29.8 Å². The van der Waals surface area contributed by atoms with E-state index in [0.29, 0.717) is 5.56 Å². The van der Waals surface area contributed by atoms with Crippen molar-refractivity contribution < 1.29 is 32.6 Å². The Morgan fingerprint density at radius 2 is 2.00 bits per heavy atom. The number of aliphatic carboxylic acids is 1. The predicted octanol–water partition coefficient (Wildman–Crippen LogP) is 2.26. The number of ether oxygens (including phenoxy) is 1. The Labute approximate surface area is 118 Å². The van der Waals surface area contributed by atoms with Gasteiger partial charge in [0.05, 0.1) is 0 Å². The Balaban J connectivity index is 2.77. The summed E-state index contributed by atoms with van der Waals surface area (Å²) in [6.07, 6.45) is -4.79. The number of alkyl halides is 3. The van der Waals surface area contributed by atoms with Crippen LogP contribution in [-0.4, -0.2) is 35.3 Å². The summed E-state index contributed by atoms with van der Waals surface area (Å²) in [5.74, 6) is -3.51. The average molecular weight is 305 g/mol. The lowest BCUT2D eigenvalue weighted by Crippen LogP contribution is -2.34. The summed E-state index contributed by atoms with van der Waals surface area (Å²) in [4.78, 5) is 23.6. The molecule has 5 nitrogen and oxygen atoms in total. The molecule has 0 aliphatic carbocycles. The van der Waals surface area contributed by atoms with E-state index in [1.165, 1.54) is 26.1 Å². The Morgan fingerprint density at radius 1 is 1.38 bits per heavy atom. The van der Waals surface area contributed by atoms with Crippen LogP contribution in [0.2, 0.25) is 0 Å². The first kappa shape index (κ1) is 16.8. The van der Waals surface area contributed by atoms with E-state index in [-0.39, 0.29) is 6.54 Å². The zero-order valence-electron chi connectivity index (χ0n) is 11.3. The number of benzene rings is 1. The van der Waals surface area contributed by atoms with Crippen molar-refractivity contribution in [1.82, 2.24) is 4.90 Å². The molecule has 1 aromatic rings. The number of carboxylic acids is 1. The molecule has 0 bridgehead atoms. The molecule has 0 heterocycles. The largest absolute Gasteiger partial charge is 0.573 e. The lowest BCUT2D eigenvalue weighted by atomic mass is 10.1. The van der Waals surface area contributed by atoms with E-state index in [2.05, 4.69) is 4.74 Å². The summed E-state index contributed by atoms with van der Waals surface area (Å²) in [5.41, 5.74) is 0.394. The van der Waals surface area contributed by atoms with Crippen LogP contribution in [0.3, 0.4) is 0 Å². The maximum atomic E-state index is 12.1. The normalized spacial score (nSPS) is 12.6. The molecular weight excluding hydrogens is 291 g/mol. The Morgan fingerprint density at radius 3 is 2.52 bits per heavy atom. The molecular formula is C13H14F3NO4. The van der Waals surface area contributed by atoms with Crippen LogP contribution in [0.5, 0.6) is 5.75 Å². The first-order valence-electron chi connectivity index (χ1n) is 5.92. The van der Waals surface area contributed by atoms with Crippen molar-refractivity contribution in [1.29, 1.82) is 0 Å². The smallest absolute Gasteiger partial charge is 0.481 e. The van der Waals surface area contributed by atoms with Crippen molar-refractivity contribution in [2.45, 2.75) is 19.8 Å². The van der Waals surface area contributed by atoms with Crippen molar-refractivity contribution in [3.63, 3.8) is 0 Å². The lowest BCUT2D eigenvalue weighted by molar-refractivity contribution is -0.274. The number of nitrogens with zero attached hydrogens (tertiary/aromatic N) is 1. The number of carboxylic acid groups (broad SMARTS) is 1. The molecule has 0 spiro atoms. The number of hydrogen-bond donors (Lipinski definition) is 1. The highest BCUT2D eigenvalue weighted by molar-refractivity contribution is 5.96. The van der Waals surface area contributed by atoms with Crippen molar-refractivity contribution >= 4 is 11.9 Å². The minimum atomic E-state index is -4.79. The van der Waals surface area contributed by atoms with Crippen LogP contribution in [0.25, 0.3) is 0 Å². The molecule has 0 saturated heterocycles. The molecule has 0 aromatic heterocycles.